The second-order valence-electron chi connectivity index (χ2n) is 3.85. The molecule has 17 heavy (non-hydrogen) atoms. The summed E-state index contributed by atoms with van der Waals surface area (Å²) in [7, 11) is 0. The molecule has 0 saturated carbocycles. The van der Waals surface area contributed by atoms with Gasteiger partial charge in [-0.25, -0.2) is 0 Å². The van der Waals surface area contributed by atoms with Gasteiger partial charge in [-0.05, 0) is 61.4 Å². The third kappa shape index (κ3) is 2.98. The second-order valence-corrected chi connectivity index (χ2v) is 5.81. The Balaban J connectivity index is 2.30. The van der Waals surface area contributed by atoms with Crippen LogP contribution in [0.15, 0.2) is 46.2 Å². The van der Waals surface area contributed by atoms with Crippen molar-refractivity contribution >= 4 is 35.0 Å². The highest BCUT2D eigenvalue weighted by atomic mass is 35.5. The monoisotopic (exact) mass is 282 g/mol. The van der Waals surface area contributed by atoms with E-state index >= 15 is 0 Å². The maximum Gasteiger partial charge on any atom is 0.0438 e. The summed E-state index contributed by atoms with van der Waals surface area (Å²) < 4.78 is 0. The zero-order valence-electron chi connectivity index (χ0n) is 9.63. The lowest BCUT2D eigenvalue weighted by Gasteiger charge is -2.09. The van der Waals surface area contributed by atoms with E-state index in [0.29, 0.717) is 0 Å². The first kappa shape index (κ1) is 12.8. The Morgan fingerprint density at radius 1 is 0.824 bits per heavy atom. The molecule has 3 heteroatoms. The minimum atomic E-state index is 0.762. The van der Waals surface area contributed by atoms with Gasteiger partial charge in [-0.1, -0.05) is 35.0 Å². The molecule has 88 valence electrons. The highest BCUT2D eigenvalue weighted by Gasteiger charge is 2.06. The van der Waals surface area contributed by atoms with E-state index in [2.05, 4.69) is 13.0 Å². The van der Waals surface area contributed by atoms with Crippen molar-refractivity contribution in [1.29, 1.82) is 0 Å². The first-order chi connectivity index (χ1) is 8.08. The molecule has 0 aliphatic carbocycles. The maximum absolute atomic E-state index is 6.08. The summed E-state index contributed by atoms with van der Waals surface area (Å²) >= 11 is 13.7. The Labute approximate surface area is 116 Å². The molecule has 2 rings (SSSR count). The minimum absolute atomic E-state index is 0.762. The number of benzene rings is 2. The lowest BCUT2D eigenvalue weighted by Crippen LogP contribution is -1.86. The highest BCUT2D eigenvalue weighted by Crippen LogP contribution is 2.34. The molecule has 0 aliphatic heterocycles. The van der Waals surface area contributed by atoms with Crippen LogP contribution in [0.25, 0.3) is 0 Å². The number of rotatable bonds is 2. The summed E-state index contributed by atoms with van der Waals surface area (Å²) in [6.07, 6.45) is 0. The quantitative estimate of drug-likeness (QED) is 0.675. The molecule has 0 bridgehead atoms. The first-order valence-corrected chi connectivity index (χ1v) is 6.84. The van der Waals surface area contributed by atoms with Crippen LogP contribution in [0.1, 0.15) is 11.1 Å². The molecule has 0 heterocycles. The van der Waals surface area contributed by atoms with Crippen molar-refractivity contribution in [2.24, 2.45) is 0 Å². The van der Waals surface area contributed by atoms with Crippen molar-refractivity contribution in [3.05, 3.63) is 57.6 Å². The summed E-state index contributed by atoms with van der Waals surface area (Å²) in [6, 6.07) is 11.9. The maximum atomic E-state index is 6.08. The fourth-order valence-corrected chi connectivity index (χ4v) is 2.80. The predicted molar refractivity (Wildman–Crippen MR) is 76.5 cm³/mol. The zero-order valence-corrected chi connectivity index (χ0v) is 12.0. The van der Waals surface area contributed by atoms with Crippen LogP contribution in [0.5, 0.6) is 0 Å². The van der Waals surface area contributed by atoms with E-state index in [0.717, 1.165) is 15.6 Å². The molecular formula is C14H12Cl2S. The van der Waals surface area contributed by atoms with Gasteiger partial charge in [0.15, 0.2) is 0 Å². The van der Waals surface area contributed by atoms with E-state index in [1.165, 1.54) is 15.4 Å². The lowest BCUT2D eigenvalue weighted by atomic mass is 10.1. The van der Waals surface area contributed by atoms with Crippen LogP contribution in [0.4, 0.5) is 0 Å². The van der Waals surface area contributed by atoms with Gasteiger partial charge in [0.05, 0.1) is 0 Å². The van der Waals surface area contributed by atoms with E-state index < -0.39 is 0 Å². The molecule has 0 radical (unpaired) electrons. The molecular weight excluding hydrogens is 271 g/mol. The fourth-order valence-electron chi connectivity index (χ4n) is 1.50. The molecule has 2 aromatic rings. The number of hydrogen-bond acceptors (Lipinski definition) is 1. The van der Waals surface area contributed by atoms with Gasteiger partial charge in [0.1, 0.15) is 0 Å². The third-order valence-corrected chi connectivity index (χ3v) is 4.54. The molecule has 0 atom stereocenters. The van der Waals surface area contributed by atoms with Crippen LogP contribution in [-0.4, -0.2) is 0 Å². The third-order valence-electron chi connectivity index (χ3n) is 2.71. The number of halogens is 2. The summed E-state index contributed by atoms with van der Waals surface area (Å²) in [5.74, 6) is 0. The second kappa shape index (κ2) is 5.34. The molecule has 0 amide bonds. The van der Waals surface area contributed by atoms with Gasteiger partial charge in [-0.3, -0.25) is 0 Å². The molecule has 0 aliphatic rings. The molecule has 0 saturated heterocycles. The molecule has 0 unspecified atom stereocenters. The summed E-state index contributed by atoms with van der Waals surface area (Å²) in [5.41, 5.74) is 2.38. The smallest absolute Gasteiger partial charge is 0.0438 e. The largest absolute Gasteiger partial charge is 0.0898 e. The Bertz CT molecular complexity index is 533. The Morgan fingerprint density at radius 2 is 1.47 bits per heavy atom. The molecule has 0 nitrogen and oxygen atoms in total. The van der Waals surface area contributed by atoms with E-state index in [1.807, 2.05) is 37.3 Å². The predicted octanol–water partition coefficient (Wildman–Crippen LogP) is 5.76. The standard InChI is InChI=1S/C14H12Cl2S/c1-9-10(2)14(8-7-13(9)16)17-12-5-3-11(15)4-6-12/h3-8H,1-2H3. The summed E-state index contributed by atoms with van der Waals surface area (Å²) in [5, 5.41) is 1.58. The van der Waals surface area contributed by atoms with Crippen molar-refractivity contribution in [3.8, 4) is 0 Å². The van der Waals surface area contributed by atoms with Gasteiger partial charge in [0, 0.05) is 19.8 Å². The lowest BCUT2D eigenvalue weighted by molar-refractivity contribution is 1.23. The van der Waals surface area contributed by atoms with Gasteiger partial charge in [0.2, 0.25) is 0 Å². The average molecular weight is 283 g/mol. The Hall–Kier alpha value is -0.630. The average Bonchev–Trinajstić information content (AvgIpc) is 2.33. The zero-order chi connectivity index (χ0) is 12.4. The van der Waals surface area contributed by atoms with Crippen molar-refractivity contribution in [2.75, 3.05) is 0 Å². The van der Waals surface area contributed by atoms with Crippen LogP contribution in [0.2, 0.25) is 10.0 Å². The molecule has 0 N–H and O–H groups in total. The molecule has 0 fully saturated rings. The van der Waals surface area contributed by atoms with Gasteiger partial charge in [0.25, 0.3) is 0 Å². The van der Waals surface area contributed by atoms with Crippen molar-refractivity contribution in [1.82, 2.24) is 0 Å². The van der Waals surface area contributed by atoms with Gasteiger partial charge < -0.3 is 0 Å². The van der Waals surface area contributed by atoms with Gasteiger partial charge in [-0.2, -0.15) is 0 Å². The molecule has 0 spiro atoms. The normalized spacial score (nSPS) is 10.6. The topological polar surface area (TPSA) is 0 Å². The highest BCUT2D eigenvalue weighted by molar-refractivity contribution is 7.99. The summed E-state index contributed by atoms with van der Waals surface area (Å²) in [4.78, 5) is 2.41. The SMILES string of the molecule is Cc1c(Cl)ccc(Sc2ccc(Cl)cc2)c1C. The van der Waals surface area contributed by atoms with E-state index in [-0.39, 0.29) is 0 Å². The molecule has 2 aromatic carbocycles. The van der Waals surface area contributed by atoms with Crippen LogP contribution in [0, 0.1) is 13.8 Å². The summed E-state index contributed by atoms with van der Waals surface area (Å²) in [6.45, 7) is 4.14. The Kier molecular flexibility index (Phi) is 4.03. The van der Waals surface area contributed by atoms with Gasteiger partial charge in [-0.15, -0.1) is 0 Å². The van der Waals surface area contributed by atoms with Crippen LogP contribution in [-0.2, 0) is 0 Å². The van der Waals surface area contributed by atoms with Crippen LogP contribution in [0.3, 0.4) is 0 Å². The van der Waals surface area contributed by atoms with Crippen LogP contribution >= 0.6 is 35.0 Å². The van der Waals surface area contributed by atoms with Crippen molar-refractivity contribution in [3.63, 3.8) is 0 Å². The van der Waals surface area contributed by atoms with E-state index in [1.54, 1.807) is 11.8 Å². The van der Waals surface area contributed by atoms with Crippen molar-refractivity contribution in [2.45, 2.75) is 23.6 Å². The van der Waals surface area contributed by atoms with E-state index in [9.17, 15) is 0 Å². The fraction of sp³-hybridized carbons (Fsp3) is 0.143. The van der Waals surface area contributed by atoms with Crippen molar-refractivity contribution < 1.29 is 0 Å². The number of hydrogen-bond donors (Lipinski definition) is 0. The van der Waals surface area contributed by atoms with Gasteiger partial charge >= 0.3 is 0 Å². The first-order valence-electron chi connectivity index (χ1n) is 5.27. The molecule has 0 aromatic heterocycles. The van der Waals surface area contributed by atoms with Crippen LogP contribution < -0.4 is 0 Å². The minimum Gasteiger partial charge on any atom is -0.0898 e. The van der Waals surface area contributed by atoms with E-state index in [4.69, 9.17) is 23.2 Å². The Morgan fingerprint density at radius 3 is 2.12 bits per heavy atom.